The number of anilines is 1. The Labute approximate surface area is 128 Å². The zero-order chi connectivity index (χ0) is 15.8. The number of nitrogens with zero attached hydrogens (tertiary/aromatic N) is 2. The predicted molar refractivity (Wildman–Crippen MR) is 84.7 cm³/mol. The number of hydrogen-bond donors (Lipinski definition) is 2. The molecule has 0 aliphatic carbocycles. The first-order chi connectivity index (χ1) is 10.7. The zero-order valence-electron chi connectivity index (χ0n) is 12.1. The summed E-state index contributed by atoms with van der Waals surface area (Å²) in [5, 5.41) is 6.60. The predicted octanol–water partition coefficient (Wildman–Crippen LogP) is 2.19. The maximum atomic E-state index is 11.9. The van der Waals surface area contributed by atoms with Crippen LogP contribution >= 0.6 is 0 Å². The number of rotatable bonds is 5. The maximum absolute atomic E-state index is 11.9. The number of hydrazone groups is 1. The van der Waals surface area contributed by atoms with Crippen LogP contribution in [0.3, 0.4) is 0 Å². The van der Waals surface area contributed by atoms with Crippen LogP contribution in [-0.2, 0) is 4.79 Å². The van der Waals surface area contributed by atoms with Gasteiger partial charge in [0.2, 0.25) is 5.91 Å². The van der Waals surface area contributed by atoms with Crippen molar-refractivity contribution in [1.82, 2.24) is 10.4 Å². The summed E-state index contributed by atoms with van der Waals surface area (Å²) >= 11 is 0. The van der Waals surface area contributed by atoms with Crippen molar-refractivity contribution in [2.24, 2.45) is 5.10 Å². The van der Waals surface area contributed by atoms with Gasteiger partial charge in [0.15, 0.2) is 0 Å². The highest BCUT2D eigenvalue weighted by Crippen LogP contribution is 2.09. The molecule has 1 heterocycles. The third-order valence-corrected chi connectivity index (χ3v) is 2.84. The van der Waals surface area contributed by atoms with Crippen molar-refractivity contribution < 1.29 is 9.59 Å². The Hall–Kier alpha value is -3.02. The average molecular weight is 296 g/mol. The Kier molecular flexibility index (Phi) is 5.37. The van der Waals surface area contributed by atoms with E-state index in [1.807, 2.05) is 0 Å². The van der Waals surface area contributed by atoms with E-state index in [0.29, 0.717) is 17.7 Å². The number of carbonyl (C=O) groups excluding carboxylic acids is 2. The molecule has 0 fully saturated rings. The monoisotopic (exact) mass is 296 g/mol. The molecule has 6 nitrogen and oxygen atoms in total. The molecule has 2 aromatic rings. The summed E-state index contributed by atoms with van der Waals surface area (Å²) in [6.45, 7) is 1.78. The lowest BCUT2D eigenvalue weighted by molar-refractivity contribution is -0.115. The maximum Gasteiger partial charge on any atom is 0.271 e. The van der Waals surface area contributed by atoms with E-state index < -0.39 is 0 Å². The molecule has 0 spiro atoms. The van der Waals surface area contributed by atoms with E-state index in [0.717, 1.165) is 5.56 Å². The molecule has 0 radical (unpaired) electrons. The summed E-state index contributed by atoms with van der Waals surface area (Å²) in [4.78, 5) is 27.1. The van der Waals surface area contributed by atoms with Crippen LogP contribution in [0.1, 0.15) is 29.3 Å². The highest BCUT2D eigenvalue weighted by atomic mass is 16.2. The van der Waals surface area contributed by atoms with Crippen LogP contribution in [0.5, 0.6) is 0 Å². The third kappa shape index (κ3) is 4.52. The molecule has 1 aromatic heterocycles. The number of amides is 2. The molecule has 6 heteroatoms. The van der Waals surface area contributed by atoms with Gasteiger partial charge in [-0.05, 0) is 42.0 Å². The molecule has 0 aliphatic rings. The van der Waals surface area contributed by atoms with Gasteiger partial charge in [-0.25, -0.2) is 5.43 Å². The number of carbonyl (C=O) groups is 2. The molecular weight excluding hydrogens is 280 g/mol. The molecule has 112 valence electrons. The summed E-state index contributed by atoms with van der Waals surface area (Å²) in [5.41, 5.74) is 4.40. The third-order valence-electron chi connectivity index (χ3n) is 2.84. The van der Waals surface area contributed by atoms with Crippen LogP contribution in [0.15, 0.2) is 53.9 Å². The summed E-state index contributed by atoms with van der Waals surface area (Å²) < 4.78 is 0. The second-order valence-corrected chi connectivity index (χ2v) is 4.46. The van der Waals surface area contributed by atoms with Gasteiger partial charge in [-0.1, -0.05) is 6.92 Å². The first-order valence-electron chi connectivity index (χ1n) is 6.82. The average Bonchev–Trinajstić information content (AvgIpc) is 2.56. The van der Waals surface area contributed by atoms with Crippen molar-refractivity contribution in [1.29, 1.82) is 0 Å². The van der Waals surface area contributed by atoms with Crippen LogP contribution in [-0.4, -0.2) is 23.0 Å². The molecule has 22 heavy (non-hydrogen) atoms. The van der Waals surface area contributed by atoms with Gasteiger partial charge < -0.3 is 5.32 Å². The van der Waals surface area contributed by atoms with Gasteiger partial charge >= 0.3 is 0 Å². The van der Waals surface area contributed by atoms with Gasteiger partial charge in [-0.2, -0.15) is 5.10 Å². The Morgan fingerprint density at radius 2 is 1.82 bits per heavy atom. The minimum absolute atomic E-state index is 0.0702. The molecule has 2 N–H and O–H groups in total. The van der Waals surface area contributed by atoms with Crippen LogP contribution < -0.4 is 10.7 Å². The van der Waals surface area contributed by atoms with E-state index in [9.17, 15) is 9.59 Å². The highest BCUT2D eigenvalue weighted by molar-refractivity contribution is 5.96. The van der Waals surface area contributed by atoms with Crippen molar-refractivity contribution in [2.75, 3.05) is 5.32 Å². The van der Waals surface area contributed by atoms with Gasteiger partial charge in [-0.3, -0.25) is 14.6 Å². The van der Waals surface area contributed by atoms with Gasteiger partial charge in [0.05, 0.1) is 6.21 Å². The van der Waals surface area contributed by atoms with Gasteiger partial charge in [0.25, 0.3) is 5.91 Å². The van der Waals surface area contributed by atoms with Crippen LogP contribution in [0, 0.1) is 0 Å². The molecule has 2 rings (SSSR count). The van der Waals surface area contributed by atoms with Crippen LogP contribution in [0.4, 0.5) is 5.69 Å². The first kappa shape index (κ1) is 15.4. The topological polar surface area (TPSA) is 83.5 Å². The lowest BCUT2D eigenvalue weighted by atomic mass is 10.2. The standard InChI is InChI=1S/C16H16N4O2/c1-2-15(21)19-14-5-3-13(4-6-14)16(22)20-18-11-12-7-9-17-10-8-12/h3-11H,2H2,1H3,(H,19,21)(H,20,22)/b18-11+. The molecule has 0 saturated carbocycles. The zero-order valence-corrected chi connectivity index (χ0v) is 12.1. The summed E-state index contributed by atoms with van der Waals surface area (Å²) in [6, 6.07) is 10.2. The quantitative estimate of drug-likeness (QED) is 0.655. The number of hydrogen-bond acceptors (Lipinski definition) is 4. The van der Waals surface area contributed by atoms with Gasteiger partial charge in [0, 0.05) is 30.1 Å². The fourth-order valence-corrected chi connectivity index (χ4v) is 1.63. The molecule has 0 saturated heterocycles. The fraction of sp³-hybridized carbons (Fsp3) is 0.125. The van der Waals surface area contributed by atoms with E-state index in [1.165, 1.54) is 6.21 Å². The summed E-state index contributed by atoms with van der Waals surface area (Å²) in [6.07, 6.45) is 5.24. The number of aromatic nitrogens is 1. The molecule has 0 aliphatic heterocycles. The minimum atomic E-state index is -0.321. The van der Waals surface area contributed by atoms with Crippen molar-refractivity contribution >= 4 is 23.7 Å². The lowest BCUT2D eigenvalue weighted by Gasteiger charge is -2.04. The van der Waals surface area contributed by atoms with E-state index in [-0.39, 0.29) is 11.8 Å². The van der Waals surface area contributed by atoms with E-state index in [2.05, 4.69) is 20.8 Å². The van der Waals surface area contributed by atoms with Crippen molar-refractivity contribution in [3.05, 3.63) is 59.9 Å². The Morgan fingerprint density at radius 1 is 1.14 bits per heavy atom. The Morgan fingerprint density at radius 3 is 2.45 bits per heavy atom. The van der Waals surface area contributed by atoms with Crippen molar-refractivity contribution in [2.45, 2.75) is 13.3 Å². The van der Waals surface area contributed by atoms with E-state index >= 15 is 0 Å². The second-order valence-electron chi connectivity index (χ2n) is 4.46. The van der Waals surface area contributed by atoms with E-state index in [1.54, 1.807) is 55.7 Å². The summed E-state index contributed by atoms with van der Waals surface area (Å²) in [5.74, 6) is -0.391. The molecular formula is C16H16N4O2. The van der Waals surface area contributed by atoms with Crippen molar-refractivity contribution in [3.63, 3.8) is 0 Å². The Balaban J connectivity index is 1.92. The smallest absolute Gasteiger partial charge is 0.271 e. The largest absolute Gasteiger partial charge is 0.326 e. The fourth-order valence-electron chi connectivity index (χ4n) is 1.63. The molecule has 0 unspecified atom stereocenters. The minimum Gasteiger partial charge on any atom is -0.326 e. The molecule has 1 aromatic carbocycles. The normalized spacial score (nSPS) is 10.4. The van der Waals surface area contributed by atoms with Crippen molar-refractivity contribution in [3.8, 4) is 0 Å². The highest BCUT2D eigenvalue weighted by Gasteiger charge is 2.04. The molecule has 0 atom stereocenters. The summed E-state index contributed by atoms with van der Waals surface area (Å²) in [7, 11) is 0. The number of pyridine rings is 1. The SMILES string of the molecule is CCC(=O)Nc1ccc(C(=O)N/N=C/c2ccncc2)cc1. The van der Waals surface area contributed by atoms with Crippen LogP contribution in [0.25, 0.3) is 0 Å². The van der Waals surface area contributed by atoms with E-state index in [4.69, 9.17) is 0 Å². The second kappa shape index (κ2) is 7.68. The molecule has 2 amide bonds. The van der Waals surface area contributed by atoms with Gasteiger partial charge in [-0.15, -0.1) is 0 Å². The number of benzene rings is 1. The number of nitrogens with one attached hydrogen (secondary N) is 2. The van der Waals surface area contributed by atoms with Gasteiger partial charge in [0.1, 0.15) is 0 Å². The van der Waals surface area contributed by atoms with Crippen LogP contribution in [0.2, 0.25) is 0 Å². The lowest BCUT2D eigenvalue weighted by Crippen LogP contribution is -2.17. The first-order valence-corrected chi connectivity index (χ1v) is 6.82. The molecule has 0 bridgehead atoms. The Bertz CT molecular complexity index is 666.